The topological polar surface area (TPSA) is 41.9 Å². The van der Waals surface area contributed by atoms with Gasteiger partial charge in [-0.15, -0.1) is 0 Å². The third-order valence-electron chi connectivity index (χ3n) is 2.07. The summed E-state index contributed by atoms with van der Waals surface area (Å²) in [6.07, 6.45) is 0. The second kappa shape index (κ2) is 6.13. The predicted octanol–water partition coefficient (Wildman–Crippen LogP) is 4.05. The smallest absolute Gasteiger partial charge is 0.230 e. The van der Waals surface area contributed by atoms with Crippen molar-refractivity contribution < 1.29 is 0 Å². The van der Waals surface area contributed by atoms with E-state index in [2.05, 4.69) is 15.0 Å². The molecule has 0 unspecified atom stereocenters. The van der Waals surface area contributed by atoms with Gasteiger partial charge in [-0.25, -0.2) is 0 Å². The molecule has 0 saturated heterocycles. The van der Waals surface area contributed by atoms with E-state index in [0.717, 1.165) is 4.90 Å². The van der Waals surface area contributed by atoms with Crippen LogP contribution in [0.1, 0.15) is 0 Å². The zero-order valence-electron chi connectivity index (χ0n) is 10.1. The predicted molar refractivity (Wildman–Crippen MR) is 79.7 cm³/mol. The summed E-state index contributed by atoms with van der Waals surface area (Å²) in [5.41, 5.74) is 0. The van der Waals surface area contributed by atoms with Gasteiger partial charge in [0.1, 0.15) is 0 Å². The number of nitrogens with zero attached hydrogens (tertiary/aromatic N) is 4. The van der Waals surface area contributed by atoms with Crippen molar-refractivity contribution in [2.24, 2.45) is 0 Å². The minimum atomic E-state index is 0.138. The number of anilines is 1. The summed E-state index contributed by atoms with van der Waals surface area (Å²) < 4.78 is 0. The molecule has 0 N–H and O–H groups in total. The van der Waals surface area contributed by atoms with Gasteiger partial charge < -0.3 is 4.90 Å². The molecule has 0 saturated carbocycles. The molecule has 0 amide bonds. The van der Waals surface area contributed by atoms with Gasteiger partial charge in [-0.3, -0.25) is 0 Å². The number of hydrogen-bond donors (Lipinski definition) is 0. The van der Waals surface area contributed by atoms with Gasteiger partial charge in [0.15, 0.2) is 5.16 Å². The fourth-order valence-corrected chi connectivity index (χ4v) is 2.70. The monoisotopic (exact) mass is 334 g/mol. The molecule has 0 aliphatic heterocycles. The summed E-state index contributed by atoms with van der Waals surface area (Å²) in [5, 5.41) is 1.78. The zero-order valence-corrected chi connectivity index (χ0v) is 13.1. The van der Waals surface area contributed by atoms with Crippen LogP contribution in [0.15, 0.2) is 28.3 Å². The molecule has 19 heavy (non-hydrogen) atoms. The summed E-state index contributed by atoms with van der Waals surface area (Å²) in [7, 11) is 3.65. The minimum absolute atomic E-state index is 0.138. The Morgan fingerprint density at radius 1 is 1.05 bits per heavy atom. The lowest BCUT2D eigenvalue weighted by Crippen LogP contribution is -2.13. The molecule has 0 aliphatic carbocycles. The average Bonchev–Trinajstić information content (AvgIpc) is 2.33. The largest absolute Gasteiger partial charge is 0.347 e. The van der Waals surface area contributed by atoms with E-state index in [1.165, 1.54) is 11.8 Å². The molecule has 100 valence electrons. The number of benzene rings is 1. The van der Waals surface area contributed by atoms with Gasteiger partial charge in [-0.05, 0) is 41.6 Å². The van der Waals surface area contributed by atoms with Crippen molar-refractivity contribution >= 4 is 52.5 Å². The van der Waals surface area contributed by atoms with Crippen LogP contribution in [0.2, 0.25) is 15.3 Å². The lowest BCUT2D eigenvalue weighted by Gasteiger charge is -2.11. The highest BCUT2D eigenvalue weighted by molar-refractivity contribution is 7.99. The lowest BCUT2D eigenvalue weighted by atomic mass is 10.4. The van der Waals surface area contributed by atoms with Crippen LogP contribution in [-0.2, 0) is 0 Å². The van der Waals surface area contributed by atoms with Gasteiger partial charge in [0, 0.05) is 24.0 Å². The number of halogens is 3. The first-order chi connectivity index (χ1) is 8.95. The van der Waals surface area contributed by atoms with Crippen LogP contribution in [0.5, 0.6) is 0 Å². The highest BCUT2D eigenvalue weighted by atomic mass is 35.5. The van der Waals surface area contributed by atoms with Crippen LogP contribution in [0.25, 0.3) is 0 Å². The SMILES string of the molecule is CN(C)c1nc(Cl)nc(Sc2cc(Cl)ccc2Cl)n1. The van der Waals surface area contributed by atoms with E-state index >= 15 is 0 Å². The van der Waals surface area contributed by atoms with E-state index in [0.29, 0.717) is 21.2 Å². The summed E-state index contributed by atoms with van der Waals surface area (Å²) in [6, 6.07) is 5.20. The fourth-order valence-electron chi connectivity index (χ4n) is 1.22. The zero-order chi connectivity index (χ0) is 14.0. The third kappa shape index (κ3) is 3.86. The molecule has 1 aromatic heterocycles. The van der Waals surface area contributed by atoms with Crippen LogP contribution in [0, 0.1) is 0 Å². The first-order valence-electron chi connectivity index (χ1n) is 5.17. The average molecular weight is 336 g/mol. The van der Waals surface area contributed by atoms with E-state index in [4.69, 9.17) is 34.8 Å². The van der Waals surface area contributed by atoms with Crippen molar-refractivity contribution in [1.29, 1.82) is 0 Å². The molecule has 0 bridgehead atoms. The van der Waals surface area contributed by atoms with Gasteiger partial charge in [0.2, 0.25) is 11.2 Å². The molecule has 0 spiro atoms. The molecular weight excluding hydrogens is 327 g/mol. The van der Waals surface area contributed by atoms with Crippen molar-refractivity contribution in [2.45, 2.75) is 10.1 Å². The second-order valence-electron chi connectivity index (χ2n) is 3.76. The Labute approximate surface area is 130 Å². The van der Waals surface area contributed by atoms with E-state index < -0.39 is 0 Å². The molecule has 8 heteroatoms. The normalized spacial score (nSPS) is 10.6. The van der Waals surface area contributed by atoms with Gasteiger partial charge in [0.25, 0.3) is 0 Å². The molecule has 2 rings (SSSR count). The maximum Gasteiger partial charge on any atom is 0.230 e. The minimum Gasteiger partial charge on any atom is -0.347 e. The van der Waals surface area contributed by atoms with Crippen LogP contribution in [-0.4, -0.2) is 29.0 Å². The molecule has 0 fully saturated rings. The van der Waals surface area contributed by atoms with Crippen molar-refractivity contribution in [3.05, 3.63) is 33.5 Å². The van der Waals surface area contributed by atoms with Gasteiger partial charge in [-0.2, -0.15) is 15.0 Å². The molecule has 0 radical (unpaired) electrons. The molecule has 2 aromatic rings. The van der Waals surface area contributed by atoms with Crippen LogP contribution >= 0.6 is 46.6 Å². The number of hydrogen-bond acceptors (Lipinski definition) is 5. The fraction of sp³-hybridized carbons (Fsp3) is 0.182. The first kappa shape index (κ1) is 14.7. The summed E-state index contributed by atoms with van der Waals surface area (Å²) >= 11 is 19.2. The molecule has 0 aliphatic rings. The van der Waals surface area contributed by atoms with Gasteiger partial charge >= 0.3 is 0 Å². The summed E-state index contributed by atoms with van der Waals surface area (Å²) in [5.74, 6) is 0.487. The maximum atomic E-state index is 6.09. The lowest BCUT2D eigenvalue weighted by molar-refractivity contribution is 0.866. The van der Waals surface area contributed by atoms with Gasteiger partial charge in [-0.1, -0.05) is 23.2 Å². The number of rotatable bonds is 3. The molecule has 1 aromatic carbocycles. The second-order valence-corrected chi connectivity index (χ2v) is 5.95. The Kier molecular flexibility index (Phi) is 4.73. The highest BCUT2D eigenvalue weighted by Crippen LogP contribution is 2.34. The van der Waals surface area contributed by atoms with E-state index in [1.807, 2.05) is 14.1 Å². The molecule has 1 heterocycles. The Bertz CT molecular complexity index is 606. The van der Waals surface area contributed by atoms with Crippen LogP contribution in [0.3, 0.4) is 0 Å². The quantitative estimate of drug-likeness (QED) is 0.846. The van der Waals surface area contributed by atoms with Crippen molar-refractivity contribution in [3.63, 3.8) is 0 Å². The maximum absolute atomic E-state index is 6.09. The third-order valence-corrected chi connectivity index (χ3v) is 3.84. The van der Waals surface area contributed by atoms with E-state index in [-0.39, 0.29) is 5.28 Å². The molecular formula is C11H9Cl3N4S. The van der Waals surface area contributed by atoms with E-state index in [1.54, 1.807) is 23.1 Å². The molecule has 4 nitrogen and oxygen atoms in total. The standard InChI is InChI=1S/C11H9Cl3N4S/c1-18(2)10-15-9(14)16-11(17-10)19-8-5-6(12)3-4-7(8)13/h3-5H,1-2H3. The Morgan fingerprint density at radius 2 is 1.79 bits per heavy atom. The Hall–Kier alpha value is -0.750. The van der Waals surface area contributed by atoms with Crippen molar-refractivity contribution in [3.8, 4) is 0 Å². The van der Waals surface area contributed by atoms with Crippen LogP contribution in [0.4, 0.5) is 5.95 Å². The Morgan fingerprint density at radius 3 is 2.47 bits per heavy atom. The first-order valence-corrected chi connectivity index (χ1v) is 7.12. The Balaban J connectivity index is 2.35. The summed E-state index contributed by atoms with van der Waals surface area (Å²) in [4.78, 5) is 14.9. The number of aromatic nitrogens is 3. The van der Waals surface area contributed by atoms with Crippen LogP contribution < -0.4 is 4.90 Å². The summed E-state index contributed by atoms with van der Waals surface area (Å²) in [6.45, 7) is 0. The van der Waals surface area contributed by atoms with Crippen molar-refractivity contribution in [2.75, 3.05) is 19.0 Å². The molecule has 0 atom stereocenters. The van der Waals surface area contributed by atoms with Gasteiger partial charge in [0.05, 0.1) is 5.02 Å². The van der Waals surface area contributed by atoms with E-state index in [9.17, 15) is 0 Å². The van der Waals surface area contributed by atoms with Crippen molar-refractivity contribution in [1.82, 2.24) is 15.0 Å². The highest BCUT2D eigenvalue weighted by Gasteiger charge is 2.10.